The smallest absolute Gasteiger partial charge is 0.338 e. The van der Waals surface area contributed by atoms with E-state index < -0.39 is 73.3 Å². The zero-order valence-electron chi connectivity index (χ0n) is 19.0. The van der Waals surface area contributed by atoms with Crippen LogP contribution in [0.2, 0.25) is 0 Å². The van der Waals surface area contributed by atoms with E-state index in [4.69, 9.17) is 28.4 Å². The molecule has 1 aromatic carbocycles. The van der Waals surface area contributed by atoms with E-state index in [0.717, 1.165) is 0 Å². The Morgan fingerprint density at radius 3 is 2.49 bits per heavy atom. The molecule has 1 aliphatic carbocycles. The van der Waals surface area contributed by atoms with Crippen LogP contribution in [-0.4, -0.2) is 113 Å². The number of ether oxygens (including phenoxy) is 6. The van der Waals surface area contributed by atoms with E-state index in [1.54, 1.807) is 24.3 Å². The number of methoxy groups -OCH3 is 1. The van der Waals surface area contributed by atoms with Crippen LogP contribution < -0.4 is 4.74 Å². The molecule has 194 valence electrons. The van der Waals surface area contributed by atoms with E-state index in [2.05, 4.69) is 0 Å². The van der Waals surface area contributed by atoms with Gasteiger partial charge in [0.15, 0.2) is 12.6 Å². The van der Waals surface area contributed by atoms with E-state index in [1.165, 1.54) is 7.11 Å². The van der Waals surface area contributed by atoms with Crippen LogP contribution in [0.25, 0.3) is 0 Å². The van der Waals surface area contributed by atoms with E-state index in [1.807, 2.05) is 0 Å². The van der Waals surface area contributed by atoms with Crippen LogP contribution >= 0.6 is 0 Å². The highest BCUT2D eigenvalue weighted by Gasteiger charge is 2.77. The fraction of sp³-hybridized carbons (Fsp3) is 0.696. The molecule has 0 bridgehead atoms. The minimum Gasteiger partial charge on any atom is -0.497 e. The van der Waals surface area contributed by atoms with Gasteiger partial charge in [-0.2, -0.15) is 0 Å². The van der Waals surface area contributed by atoms with Gasteiger partial charge in [0.1, 0.15) is 48.0 Å². The quantitative estimate of drug-likeness (QED) is 0.210. The van der Waals surface area contributed by atoms with Crippen molar-refractivity contribution in [2.45, 2.75) is 61.2 Å². The largest absolute Gasteiger partial charge is 0.497 e. The van der Waals surface area contributed by atoms with Crippen molar-refractivity contribution in [2.75, 3.05) is 26.9 Å². The van der Waals surface area contributed by atoms with Gasteiger partial charge in [-0.25, -0.2) is 4.79 Å². The molecule has 4 fully saturated rings. The van der Waals surface area contributed by atoms with Crippen molar-refractivity contribution in [1.82, 2.24) is 0 Å². The van der Waals surface area contributed by atoms with Gasteiger partial charge >= 0.3 is 5.97 Å². The number of benzene rings is 1. The second-order valence-corrected chi connectivity index (χ2v) is 9.30. The molecule has 0 radical (unpaired) electrons. The van der Waals surface area contributed by atoms with Crippen molar-refractivity contribution in [1.29, 1.82) is 0 Å². The van der Waals surface area contributed by atoms with Crippen LogP contribution in [0.15, 0.2) is 24.3 Å². The molecule has 1 aromatic rings. The van der Waals surface area contributed by atoms with Crippen LogP contribution in [0.4, 0.5) is 0 Å². The number of aliphatic hydroxyl groups excluding tert-OH is 5. The van der Waals surface area contributed by atoms with E-state index in [-0.39, 0.29) is 19.1 Å². The summed E-state index contributed by atoms with van der Waals surface area (Å²) in [5.41, 5.74) is -0.722. The second kappa shape index (κ2) is 9.54. The third-order valence-corrected chi connectivity index (χ3v) is 7.48. The lowest BCUT2D eigenvalue weighted by Crippen LogP contribution is -2.61. The van der Waals surface area contributed by atoms with Gasteiger partial charge in [0.25, 0.3) is 0 Å². The van der Waals surface area contributed by atoms with Crippen LogP contribution in [0.5, 0.6) is 5.75 Å². The maximum absolute atomic E-state index is 12.8. The third kappa shape index (κ3) is 4.12. The third-order valence-electron chi connectivity index (χ3n) is 7.48. The highest BCUT2D eigenvalue weighted by molar-refractivity contribution is 5.89. The number of hydrogen-bond acceptors (Lipinski definition) is 12. The van der Waals surface area contributed by atoms with Gasteiger partial charge in [-0.15, -0.1) is 0 Å². The maximum Gasteiger partial charge on any atom is 0.338 e. The average molecular weight is 498 g/mol. The summed E-state index contributed by atoms with van der Waals surface area (Å²) >= 11 is 0. The van der Waals surface area contributed by atoms with Gasteiger partial charge in [-0.3, -0.25) is 0 Å². The number of aliphatic hydroxyl groups is 5. The molecule has 0 unspecified atom stereocenters. The predicted molar refractivity (Wildman–Crippen MR) is 113 cm³/mol. The molecule has 5 N–H and O–H groups in total. The highest BCUT2D eigenvalue weighted by atomic mass is 16.8. The summed E-state index contributed by atoms with van der Waals surface area (Å²) in [5.74, 6) is -0.775. The number of carbonyl (C=O) groups excluding carboxylic acids is 1. The molecular formula is C23H30O12. The molecule has 1 saturated carbocycles. The van der Waals surface area contributed by atoms with Crippen molar-refractivity contribution in [3.05, 3.63) is 29.8 Å². The molecule has 12 heteroatoms. The highest BCUT2D eigenvalue weighted by Crippen LogP contribution is 2.61. The number of esters is 1. The van der Waals surface area contributed by atoms with Crippen LogP contribution in [0.3, 0.4) is 0 Å². The minimum atomic E-state index is -1.61. The van der Waals surface area contributed by atoms with Crippen molar-refractivity contribution >= 4 is 5.97 Å². The topological polar surface area (TPSA) is 177 Å². The standard InChI is InChI=1S/C23H30O12/c1-30-11-4-2-10(3-5-11)20(29)33-18-12-6-7-31-21(14(12)23(9-25)19(18)35-23)34-22-17(28)16(27)15(26)13(8-24)32-22/h2-5,12-19,21-22,24-28H,6-9H2,1H3/t12-,13-,14-,15-,16+,17-,18+,19+,21+,22+,23-/m1/s1. The molecule has 3 saturated heterocycles. The van der Waals surface area contributed by atoms with Gasteiger partial charge in [-0.05, 0) is 30.7 Å². The number of carbonyl (C=O) groups is 1. The van der Waals surface area contributed by atoms with E-state index in [0.29, 0.717) is 17.7 Å². The Bertz CT molecular complexity index is 908. The van der Waals surface area contributed by atoms with E-state index in [9.17, 15) is 30.3 Å². The van der Waals surface area contributed by atoms with Crippen molar-refractivity contribution in [2.24, 2.45) is 11.8 Å². The first-order valence-corrected chi connectivity index (χ1v) is 11.6. The van der Waals surface area contributed by atoms with Crippen LogP contribution in [-0.2, 0) is 23.7 Å². The summed E-state index contributed by atoms with van der Waals surface area (Å²) in [4.78, 5) is 12.8. The number of fused-ring (bicyclic) bond motifs is 3. The number of hydrogen-bond donors (Lipinski definition) is 5. The Labute approximate surface area is 200 Å². The fourth-order valence-corrected chi connectivity index (χ4v) is 5.54. The Morgan fingerprint density at radius 2 is 1.83 bits per heavy atom. The lowest BCUT2D eigenvalue weighted by molar-refractivity contribution is -0.356. The molecule has 35 heavy (non-hydrogen) atoms. The summed E-state index contributed by atoms with van der Waals surface area (Å²) < 4.78 is 33.9. The Hall–Kier alpha value is -1.87. The monoisotopic (exact) mass is 498 g/mol. The van der Waals surface area contributed by atoms with Gasteiger partial charge in [0.05, 0.1) is 38.4 Å². The van der Waals surface area contributed by atoms with Gasteiger partial charge in [0.2, 0.25) is 0 Å². The van der Waals surface area contributed by atoms with Crippen LogP contribution in [0.1, 0.15) is 16.8 Å². The normalized spacial score (nSPS) is 44.3. The summed E-state index contributed by atoms with van der Waals surface area (Å²) in [6, 6.07) is 6.49. The molecule has 12 nitrogen and oxygen atoms in total. The Morgan fingerprint density at radius 1 is 1.09 bits per heavy atom. The summed E-state index contributed by atoms with van der Waals surface area (Å²) in [6.45, 7) is -0.723. The van der Waals surface area contributed by atoms with Crippen molar-refractivity contribution < 1.29 is 58.7 Å². The molecule has 5 rings (SSSR count). The zero-order valence-corrected chi connectivity index (χ0v) is 19.0. The molecule has 3 heterocycles. The molecule has 3 aliphatic heterocycles. The molecule has 0 amide bonds. The number of epoxide rings is 1. The average Bonchev–Trinajstić information content (AvgIpc) is 3.56. The fourth-order valence-electron chi connectivity index (χ4n) is 5.54. The molecular weight excluding hydrogens is 468 g/mol. The first kappa shape index (κ1) is 24.8. The zero-order chi connectivity index (χ0) is 24.9. The molecule has 0 spiro atoms. The lowest BCUT2D eigenvalue weighted by Gasteiger charge is -2.44. The molecule has 0 aromatic heterocycles. The summed E-state index contributed by atoms with van der Waals surface area (Å²) in [6.07, 6.45) is -9.04. The Balaban J connectivity index is 1.32. The van der Waals surface area contributed by atoms with Gasteiger partial charge < -0.3 is 54.0 Å². The van der Waals surface area contributed by atoms with Crippen molar-refractivity contribution in [3.8, 4) is 5.75 Å². The van der Waals surface area contributed by atoms with Gasteiger partial charge in [0, 0.05) is 5.92 Å². The van der Waals surface area contributed by atoms with Crippen molar-refractivity contribution in [3.63, 3.8) is 0 Å². The second-order valence-electron chi connectivity index (χ2n) is 9.30. The minimum absolute atomic E-state index is 0.244. The number of rotatable bonds is 7. The summed E-state index contributed by atoms with van der Waals surface area (Å²) in [5, 5.41) is 50.1. The SMILES string of the molecule is COc1ccc(C(=O)O[C@H]2[C@@H]3CCO[C@@H](O[C@@H]4O[C@H](CO)[C@@H](O)[C@H](O)[C@H]4O)[C@@H]3[C@@]3(CO)O[C@@H]23)cc1. The maximum atomic E-state index is 12.8. The van der Waals surface area contributed by atoms with E-state index >= 15 is 0 Å². The first-order chi connectivity index (χ1) is 16.8. The predicted octanol–water partition coefficient (Wildman–Crippen LogP) is -1.84. The first-order valence-electron chi connectivity index (χ1n) is 11.6. The lowest BCUT2D eigenvalue weighted by atomic mass is 9.83. The summed E-state index contributed by atoms with van der Waals surface area (Å²) in [7, 11) is 1.53. The van der Waals surface area contributed by atoms with Gasteiger partial charge in [-0.1, -0.05) is 0 Å². The Kier molecular flexibility index (Phi) is 6.76. The molecule has 4 aliphatic rings. The van der Waals surface area contributed by atoms with Crippen LogP contribution in [0, 0.1) is 11.8 Å². The molecule has 11 atom stereocenters.